The number of rotatable bonds is 2. The van der Waals surface area contributed by atoms with Crippen molar-refractivity contribution < 1.29 is 9.84 Å². The van der Waals surface area contributed by atoms with Crippen molar-refractivity contribution in [3.63, 3.8) is 0 Å². The minimum absolute atomic E-state index is 0.108. The molecule has 0 amide bonds. The maximum Gasteiger partial charge on any atom is 0.0933 e. The predicted octanol–water partition coefficient (Wildman–Crippen LogP) is 2.38. The smallest absolute Gasteiger partial charge is 0.0933 e. The molecular formula is C13H21NO2S. The van der Waals surface area contributed by atoms with Gasteiger partial charge in [-0.15, -0.1) is 11.3 Å². The van der Waals surface area contributed by atoms with Crippen LogP contribution in [0.2, 0.25) is 0 Å². The SMILES string of the molecule is CC(C)(C)c1csc(CC2COCCC2O)n1. The summed E-state index contributed by atoms with van der Waals surface area (Å²) in [5.74, 6) is 0.211. The molecule has 2 heterocycles. The summed E-state index contributed by atoms with van der Waals surface area (Å²) in [6.45, 7) is 7.85. The molecule has 1 N–H and O–H groups in total. The van der Waals surface area contributed by atoms with Gasteiger partial charge in [0, 0.05) is 29.7 Å². The fourth-order valence-electron chi connectivity index (χ4n) is 1.95. The number of hydrogen-bond acceptors (Lipinski definition) is 4. The first-order valence-corrected chi connectivity index (χ1v) is 7.05. The summed E-state index contributed by atoms with van der Waals surface area (Å²) in [5.41, 5.74) is 1.25. The molecule has 0 spiro atoms. The third kappa shape index (κ3) is 3.27. The van der Waals surface area contributed by atoms with Crippen molar-refractivity contribution in [3.8, 4) is 0 Å². The second-order valence-corrected chi connectivity index (χ2v) is 6.71. The first-order chi connectivity index (χ1) is 7.97. The lowest BCUT2D eigenvalue weighted by Gasteiger charge is -2.26. The van der Waals surface area contributed by atoms with E-state index in [1.807, 2.05) is 0 Å². The Labute approximate surface area is 107 Å². The van der Waals surface area contributed by atoms with Crippen LogP contribution >= 0.6 is 11.3 Å². The molecule has 2 unspecified atom stereocenters. The van der Waals surface area contributed by atoms with Crippen LogP contribution in [-0.2, 0) is 16.6 Å². The van der Waals surface area contributed by atoms with Crippen molar-refractivity contribution in [1.82, 2.24) is 4.98 Å². The van der Waals surface area contributed by atoms with Crippen LogP contribution < -0.4 is 0 Å². The molecule has 2 rings (SSSR count). The van der Waals surface area contributed by atoms with Crippen molar-refractivity contribution >= 4 is 11.3 Å². The number of aliphatic hydroxyl groups excluding tert-OH is 1. The van der Waals surface area contributed by atoms with Crippen LogP contribution in [0.15, 0.2) is 5.38 Å². The van der Waals surface area contributed by atoms with Crippen molar-refractivity contribution in [3.05, 3.63) is 16.1 Å². The van der Waals surface area contributed by atoms with Crippen LogP contribution in [0.5, 0.6) is 0 Å². The van der Waals surface area contributed by atoms with E-state index in [9.17, 15) is 5.11 Å². The second kappa shape index (κ2) is 5.04. The van der Waals surface area contributed by atoms with Crippen molar-refractivity contribution in [2.45, 2.75) is 45.1 Å². The molecule has 0 aliphatic carbocycles. The van der Waals surface area contributed by atoms with E-state index in [2.05, 4.69) is 31.1 Å². The normalized spacial score (nSPS) is 26.1. The van der Waals surface area contributed by atoms with E-state index in [-0.39, 0.29) is 17.4 Å². The number of hydrogen-bond donors (Lipinski definition) is 1. The minimum atomic E-state index is -0.231. The van der Waals surface area contributed by atoms with Gasteiger partial charge in [0.1, 0.15) is 0 Å². The van der Waals surface area contributed by atoms with Gasteiger partial charge in [-0.2, -0.15) is 0 Å². The monoisotopic (exact) mass is 255 g/mol. The highest BCUT2D eigenvalue weighted by Gasteiger charge is 2.26. The molecule has 2 atom stereocenters. The zero-order valence-electron chi connectivity index (χ0n) is 10.8. The Bertz CT molecular complexity index is 370. The van der Waals surface area contributed by atoms with E-state index in [1.54, 1.807) is 11.3 Å². The number of nitrogens with zero attached hydrogens (tertiary/aromatic N) is 1. The molecule has 1 aromatic heterocycles. The maximum absolute atomic E-state index is 9.89. The van der Waals surface area contributed by atoms with Crippen molar-refractivity contribution in [2.24, 2.45) is 5.92 Å². The summed E-state index contributed by atoms with van der Waals surface area (Å²) in [5, 5.41) is 13.1. The van der Waals surface area contributed by atoms with E-state index < -0.39 is 0 Å². The van der Waals surface area contributed by atoms with Gasteiger partial charge in [-0.25, -0.2) is 4.98 Å². The van der Waals surface area contributed by atoms with E-state index in [4.69, 9.17) is 4.74 Å². The average molecular weight is 255 g/mol. The molecule has 0 bridgehead atoms. The van der Waals surface area contributed by atoms with Crippen LogP contribution in [-0.4, -0.2) is 29.4 Å². The van der Waals surface area contributed by atoms with Gasteiger partial charge < -0.3 is 9.84 Å². The van der Waals surface area contributed by atoms with Crippen LogP contribution in [0.25, 0.3) is 0 Å². The van der Waals surface area contributed by atoms with Gasteiger partial charge in [-0.05, 0) is 6.42 Å². The summed E-state index contributed by atoms with van der Waals surface area (Å²) in [6, 6.07) is 0. The Morgan fingerprint density at radius 1 is 1.53 bits per heavy atom. The highest BCUT2D eigenvalue weighted by atomic mass is 32.1. The zero-order chi connectivity index (χ0) is 12.5. The molecule has 1 aromatic rings. The fourth-order valence-corrected chi connectivity index (χ4v) is 3.07. The largest absolute Gasteiger partial charge is 0.393 e. The molecule has 0 radical (unpaired) electrons. The molecule has 3 nitrogen and oxygen atoms in total. The lowest BCUT2D eigenvalue weighted by Crippen LogP contribution is -2.33. The Morgan fingerprint density at radius 2 is 2.29 bits per heavy atom. The third-order valence-electron chi connectivity index (χ3n) is 3.19. The molecule has 17 heavy (non-hydrogen) atoms. The molecule has 1 fully saturated rings. The van der Waals surface area contributed by atoms with E-state index in [1.165, 1.54) is 0 Å². The molecular weight excluding hydrogens is 234 g/mol. The molecule has 1 aliphatic rings. The molecule has 4 heteroatoms. The van der Waals surface area contributed by atoms with Crippen LogP contribution in [0.3, 0.4) is 0 Å². The topological polar surface area (TPSA) is 42.4 Å². The van der Waals surface area contributed by atoms with Gasteiger partial charge in [0.2, 0.25) is 0 Å². The summed E-state index contributed by atoms with van der Waals surface area (Å²) in [6.07, 6.45) is 1.36. The molecule has 96 valence electrons. The zero-order valence-corrected chi connectivity index (χ0v) is 11.6. The molecule has 0 aromatic carbocycles. The molecule has 0 saturated carbocycles. The summed E-state index contributed by atoms with van der Waals surface area (Å²) in [4.78, 5) is 4.66. The van der Waals surface area contributed by atoms with Crippen LogP contribution in [0.1, 0.15) is 37.9 Å². The van der Waals surface area contributed by atoms with Gasteiger partial charge >= 0.3 is 0 Å². The first-order valence-electron chi connectivity index (χ1n) is 6.17. The number of aliphatic hydroxyl groups is 1. The quantitative estimate of drug-likeness (QED) is 0.882. The summed E-state index contributed by atoms with van der Waals surface area (Å²) < 4.78 is 5.42. The second-order valence-electron chi connectivity index (χ2n) is 5.77. The lowest BCUT2D eigenvalue weighted by atomic mass is 9.93. The van der Waals surface area contributed by atoms with E-state index in [0.717, 1.165) is 23.5 Å². The average Bonchev–Trinajstić information content (AvgIpc) is 2.69. The van der Waals surface area contributed by atoms with Crippen LogP contribution in [0.4, 0.5) is 0 Å². The number of aromatic nitrogens is 1. The Kier molecular flexibility index (Phi) is 3.85. The lowest BCUT2D eigenvalue weighted by molar-refractivity contribution is -0.0350. The third-order valence-corrected chi connectivity index (χ3v) is 4.06. The van der Waals surface area contributed by atoms with Crippen molar-refractivity contribution in [2.75, 3.05) is 13.2 Å². The molecule has 1 saturated heterocycles. The minimum Gasteiger partial charge on any atom is -0.393 e. The summed E-state index contributed by atoms with van der Waals surface area (Å²) in [7, 11) is 0. The standard InChI is InChI=1S/C13H21NO2S/c1-13(2,3)11-8-17-12(14-11)6-9-7-16-5-4-10(9)15/h8-10,15H,4-7H2,1-3H3. The van der Waals surface area contributed by atoms with E-state index >= 15 is 0 Å². The van der Waals surface area contributed by atoms with Gasteiger partial charge in [0.05, 0.1) is 23.4 Å². The van der Waals surface area contributed by atoms with Crippen LogP contribution in [0, 0.1) is 5.92 Å². The Morgan fingerprint density at radius 3 is 2.88 bits per heavy atom. The fraction of sp³-hybridized carbons (Fsp3) is 0.769. The van der Waals surface area contributed by atoms with Gasteiger partial charge in [0.15, 0.2) is 0 Å². The number of thiazole rings is 1. The highest BCUT2D eigenvalue weighted by molar-refractivity contribution is 7.09. The molecule has 1 aliphatic heterocycles. The maximum atomic E-state index is 9.89. The van der Waals surface area contributed by atoms with Crippen molar-refractivity contribution in [1.29, 1.82) is 0 Å². The predicted molar refractivity (Wildman–Crippen MR) is 69.5 cm³/mol. The van der Waals surface area contributed by atoms with Gasteiger partial charge in [-0.3, -0.25) is 0 Å². The first kappa shape index (κ1) is 13.0. The Hall–Kier alpha value is -0.450. The highest BCUT2D eigenvalue weighted by Crippen LogP contribution is 2.26. The number of ether oxygens (including phenoxy) is 1. The Balaban J connectivity index is 2.01. The van der Waals surface area contributed by atoms with Gasteiger partial charge in [0.25, 0.3) is 0 Å². The summed E-state index contributed by atoms with van der Waals surface area (Å²) >= 11 is 1.69. The van der Waals surface area contributed by atoms with Gasteiger partial charge in [-0.1, -0.05) is 20.8 Å². The van der Waals surface area contributed by atoms with E-state index in [0.29, 0.717) is 13.2 Å².